The van der Waals surface area contributed by atoms with Gasteiger partial charge in [0.05, 0.1) is 11.4 Å². The molecule has 0 bridgehead atoms. The monoisotopic (exact) mass is 404 g/mol. The van der Waals surface area contributed by atoms with Crippen molar-refractivity contribution in [3.05, 3.63) is 84.1 Å². The number of urea groups is 1. The number of rotatable bonds is 5. The molecule has 7 nitrogen and oxygen atoms in total. The molecule has 2 aromatic carbocycles. The van der Waals surface area contributed by atoms with Gasteiger partial charge in [0.15, 0.2) is 0 Å². The standard InChI is InChI=1S/C21H17ClN6O/c22-14-4-1-5-15(12-14)26-21(29)27-17-7-2-6-16(13-17)25-20-24-11-9-19(28-20)18-8-3-10-23-18/h1-13,23H,(H,24,25,28)(H2,26,27,29). The lowest BCUT2D eigenvalue weighted by molar-refractivity contribution is 0.262. The molecule has 0 radical (unpaired) electrons. The topological polar surface area (TPSA) is 94.7 Å². The largest absolute Gasteiger partial charge is 0.360 e. The molecule has 4 N–H and O–H groups in total. The highest BCUT2D eigenvalue weighted by Crippen LogP contribution is 2.21. The van der Waals surface area contributed by atoms with Gasteiger partial charge in [-0.1, -0.05) is 23.7 Å². The fraction of sp³-hybridized carbons (Fsp3) is 0. The average molecular weight is 405 g/mol. The summed E-state index contributed by atoms with van der Waals surface area (Å²) >= 11 is 5.94. The Morgan fingerprint density at radius 3 is 2.41 bits per heavy atom. The highest BCUT2D eigenvalue weighted by atomic mass is 35.5. The van der Waals surface area contributed by atoms with Crippen LogP contribution >= 0.6 is 11.6 Å². The smallest absolute Gasteiger partial charge is 0.323 e. The maximum atomic E-state index is 12.2. The first kappa shape index (κ1) is 18.5. The SMILES string of the molecule is O=C(Nc1cccc(Cl)c1)Nc1cccc(Nc2nccc(-c3ccc[nH]3)n2)c1. The molecular formula is C21H17ClN6O. The number of carbonyl (C=O) groups is 1. The molecule has 0 fully saturated rings. The van der Waals surface area contributed by atoms with Crippen LogP contribution in [-0.2, 0) is 0 Å². The summed E-state index contributed by atoms with van der Waals surface area (Å²) in [5.74, 6) is 0.456. The van der Waals surface area contributed by atoms with Crippen LogP contribution in [0.5, 0.6) is 0 Å². The zero-order valence-corrected chi connectivity index (χ0v) is 15.9. The van der Waals surface area contributed by atoms with E-state index in [-0.39, 0.29) is 6.03 Å². The molecule has 4 aromatic rings. The van der Waals surface area contributed by atoms with E-state index < -0.39 is 0 Å². The van der Waals surface area contributed by atoms with Crippen LogP contribution < -0.4 is 16.0 Å². The van der Waals surface area contributed by atoms with Crippen LogP contribution in [0.4, 0.5) is 27.8 Å². The lowest BCUT2D eigenvalue weighted by Gasteiger charge is -2.10. The van der Waals surface area contributed by atoms with Gasteiger partial charge in [0, 0.05) is 34.5 Å². The molecule has 4 rings (SSSR count). The van der Waals surface area contributed by atoms with Crippen LogP contribution in [0.3, 0.4) is 0 Å². The Labute approximate surface area is 172 Å². The number of aromatic amines is 1. The molecule has 2 aromatic heterocycles. The number of amides is 2. The van der Waals surface area contributed by atoms with Gasteiger partial charge in [0.2, 0.25) is 5.95 Å². The summed E-state index contributed by atoms with van der Waals surface area (Å²) in [5, 5.41) is 9.23. The molecule has 2 heterocycles. The third kappa shape index (κ3) is 4.91. The van der Waals surface area contributed by atoms with Crippen LogP contribution in [0, 0.1) is 0 Å². The van der Waals surface area contributed by atoms with Crippen molar-refractivity contribution < 1.29 is 4.79 Å². The molecule has 0 atom stereocenters. The molecule has 2 amide bonds. The normalized spacial score (nSPS) is 10.4. The first-order valence-electron chi connectivity index (χ1n) is 8.83. The van der Waals surface area contributed by atoms with Gasteiger partial charge in [-0.2, -0.15) is 0 Å². The Kier molecular flexibility index (Phi) is 5.40. The van der Waals surface area contributed by atoms with Gasteiger partial charge in [-0.3, -0.25) is 0 Å². The fourth-order valence-electron chi connectivity index (χ4n) is 2.72. The average Bonchev–Trinajstić information content (AvgIpc) is 3.23. The summed E-state index contributed by atoms with van der Waals surface area (Å²) in [7, 11) is 0. The van der Waals surface area contributed by atoms with Crippen molar-refractivity contribution in [1.29, 1.82) is 0 Å². The molecule has 0 saturated heterocycles. The molecule has 0 aliphatic rings. The maximum Gasteiger partial charge on any atom is 0.323 e. The van der Waals surface area contributed by atoms with Crippen molar-refractivity contribution in [2.24, 2.45) is 0 Å². The minimum absolute atomic E-state index is 0.366. The van der Waals surface area contributed by atoms with Gasteiger partial charge < -0.3 is 20.9 Å². The van der Waals surface area contributed by atoms with E-state index >= 15 is 0 Å². The van der Waals surface area contributed by atoms with Crippen LogP contribution in [0.2, 0.25) is 5.02 Å². The summed E-state index contributed by atoms with van der Waals surface area (Å²) < 4.78 is 0. The number of nitrogens with one attached hydrogen (secondary N) is 4. The zero-order chi connectivity index (χ0) is 20.1. The van der Waals surface area contributed by atoms with Crippen LogP contribution in [0.15, 0.2) is 79.1 Å². The van der Waals surface area contributed by atoms with E-state index in [1.54, 1.807) is 42.6 Å². The summed E-state index contributed by atoms with van der Waals surface area (Å²) in [6.07, 6.45) is 3.53. The van der Waals surface area contributed by atoms with Crippen LogP contribution in [0.25, 0.3) is 11.4 Å². The van der Waals surface area contributed by atoms with Crippen LogP contribution in [-0.4, -0.2) is 21.0 Å². The Bertz CT molecular complexity index is 1130. The minimum Gasteiger partial charge on any atom is -0.360 e. The number of hydrogen-bond acceptors (Lipinski definition) is 4. The number of hydrogen-bond donors (Lipinski definition) is 4. The first-order valence-corrected chi connectivity index (χ1v) is 9.21. The van der Waals surface area contributed by atoms with Crippen molar-refractivity contribution in [2.45, 2.75) is 0 Å². The summed E-state index contributed by atoms with van der Waals surface area (Å²) in [4.78, 5) is 24.1. The number of aromatic nitrogens is 3. The van der Waals surface area contributed by atoms with Crippen molar-refractivity contribution >= 4 is 40.6 Å². The van der Waals surface area contributed by atoms with Gasteiger partial charge in [-0.05, 0) is 54.6 Å². The highest BCUT2D eigenvalue weighted by molar-refractivity contribution is 6.30. The first-order chi connectivity index (χ1) is 14.2. The predicted octanol–water partition coefficient (Wildman–Crippen LogP) is 5.51. The number of carbonyl (C=O) groups excluding carboxylic acids is 1. The van der Waals surface area contributed by atoms with Gasteiger partial charge in [-0.15, -0.1) is 0 Å². The van der Waals surface area contributed by atoms with E-state index in [2.05, 4.69) is 30.9 Å². The molecule has 0 aliphatic carbocycles. The number of halogens is 1. The van der Waals surface area contributed by atoms with Gasteiger partial charge in [0.25, 0.3) is 0 Å². The second-order valence-corrected chi connectivity index (χ2v) is 6.58. The Balaban J connectivity index is 1.44. The second-order valence-electron chi connectivity index (χ2n) is 6.14. The number of H-pyrrole nitrogens is 1. The Morgan fingerprint density at radius 2 is 1.66 bits per heavy atom. The molecule has 0 spiro atoms. The number of benzene rings is 2. The van der Waals surface area contributed by atoms with E-state index in [4.69, 9.17) is 11.6 Å². The predicted molar refractivity (Wildman–Crippen MR) is 116 cm³/mol. The van der Waals surface area contributed by atoms with Crippen LogP contribution in [0.1, 0.15) is 0 Å². The lowest BCUT2D eigenvalue weighted by Crippen LogP contribution is -2.19. The molecule has 144 valence electrons. The Morgan fingerprint density at radius 1 is 0.897 bits per heavy atom. The van der Waals surface area contributed by atoms with E-state index in [0.717, 1.165) is 17.1 Å². The quantitative estimate of drug-likeness (QED) is 0.352. The lowest BCUT2D eigenvalue weighted by atomic mass is 10.2. The summed E-state index contributed by atoms with van der Waals surface area (Å²) in [5.41, 5.74) is 3.66. The number of anilines is 4. The second kappa shape index (κ2) is 8.45. The van der Waals surface area contributed by atoms with Crippen molar-refractivity contribution in [3.8, 4) is 11.4 Å². The summed E-state index contributed by atoms with van der Waals surface area (Å²) in [6.45, 7) is 0. The molecule has 0 saturated carbocycles. The third-order valence-electron chi connectivity index (χ3n) is 3.99. The summed E-state index contributed by atoms with van der Waals surface area (Å²) in [6, 6.07) is 19.5. The van der Waals surface area contributed by atoms with E-state index in [1.807, 2.05) is 36.5 Å². The minimum atomic E-state index is -0.366. The van der Waals surface area contributed by atoms with E-state index in [1.165, 1.54) is 0 Å². The Hall–Kier alpha value is -3.84. The van der Waals surface area contributed by atoms with Crippen molar-refractivity contribution in [1.82, 2.24) is 15.0 Å². The maximum absolute atomic E-state index is 12.2. The third-order valence-corrected chi connectivity index (χ3v) is 4.22. The van der Waals surface area contributed by atoms with Crippen molar-refractivity contribution in [2.75, 3.05) is 16.0 Å². The van der Waals surface area contributed by atoms with Gasteiger partial charge in [0.1, 0.15) is 0 Å². The van der Waals surface area contributed by atoms with Gasteiger partial charge >= 0.3 is 6.03 Å². The molecular weight excluding hydrogens is 388 g/mol. The molecule has 29 heavy (non-hydrogen) atoms. The van der Waals surface area contributed by atoms with Crippen molar-refractivity contribution in [3.63, 3.8) is 0 Å². The van der Waals surface area contributed by atoms with E-state index in [0.29, 0.717) is 22.3 Å². The zero-order valence-electron chi connectivity index (χ0n) is 15.2. The van der Waals surface area contributed by atoms with E-state index in [9.17, 15) is 4.79 Å². The molecule has 8 heteroatoms. The molecule has 0 aliphatic heterocycles. The number of nitrogens with zero attached hydrogens (tertiary/aromatic N) is 2. The van der Waals surface area contributed by atoms with Gasteiger partial charge in [-0.25, -0.2) is 14.8 Å². The molecule has 0 unspecified atom stereocenters. The fourth-order valence-corrected chi connectivity index (χ4v) is 2.91. The highest BCUT2D eigenvalue weighted by Gasteiger charge is 2.06.